The second-order valence-corrected chi connectivity index (χ2v) is 8.28. The van der Waals surface area contributed by atoms with Gasteiger partial charge in [0, 0.05) is 24.1 Å². The Kier molecular flexibility index (Phi) is 3.18. The second-order valence-electron chi connectivity index (χ2n) is 7.30. The molecule has 1 aliphatic carbocycles. The van der Waals surface area contributed by atoms with Crippen LogP contribution in [-0.4, -0.2) is 35.7 Å². The van der Waals surface area contributed by atoms with E-state index in [1.807, 2.05) is 11.3 Å². The molecule has 4 aliphatic rings. The van der Waals surface area contributed by atoms with Crippen LogP contribution in [0, 0.1) is 0 Å². The lowest BCUT2D eigenvalue weighted by molar-refractivity contribution is -0.333. The van der Waals surface area contributed by atoms with Gasteiger partial charge in [-0.25, -0.2) is 0 Å². The van der Waals surface area contributed by atoms with Gasteiger partial charge in [-0.2, -0.15) is 5.06 Å². The standard InChI is InChI=1S/C17H23NO3S/c1-2-6-17(7-3-1)19-11-16(12-20-17)10-13-9-14(18(16)21-13)15-5-4-8-22-15/h4-5,8,13-14H,1-3,6-7,9-12H2/t13-,14-/m0/s1. The van der Waals surface area contributed by atoms with Crippen molar-refractivity contribution in [1.29, 1.82) is 0 Å². The Balaban J connectivity index is 1.36. The summed E-state index contributed by atoms with van der Waals surface area (Å²) in [4.78, 5) is 7.56. The zero-order valence-corrected chi connectivity index (χ0v) is 13.6. The van der Waals surface area contributed by atoms with E-state index in [9.17, 15) is 0 Å². The van der Waals surface area contributed by atoms with Crippen LogP contribution >= 0.6 is 11.3 Å². The normalized spacial score (nSPS) is 38.8. The van der Waals surface area contributed by atoms with Gasteiger partial charge in [-0.15, -0.1) is 11.3 Å². The average molecular weight is 321 g/mol. The van der Waals surface area contributed by atoms with E-state index >= 15 is 0 Å². The van der Waals surface area contributed by atoms with Crippen LogP contribution in [0.3, 0.4) is 0 Å². The molecule has 4 heterocycles. The number of ether oxygens (including phenoxy) is 2. The molecule has 3 aliphatic heterocycles. The van der Waals surface area contributed by atoms with Crippen molar-refractivity contribution in [2.75, 3.05) is 13.2 Å². The minimum absolute atomic E-state index is 0.0692. The van der Waals surface area contributed by atoms with Gasteiger partial charge >= 0.3 is 0 Å². The highest BCUT2D eigenvalue weighted by Gasteiger charge is 2.60. The molecule has 0 aromatic carbocycles. The minimum atomic E-state index is -0.287. The van der Waals surface area contributed by atoms with E-state index in [1.54, 1.807) is 0 Å². The first-order valence-electron chi connectivity index (χ1n) is 8.56. The van der Waals surface area contributed by atoms with Gasteiger partial charge in [-0.1, -0.05) is 12.5 Å². The van der Waals surface area contributed by atoms with E-state index in [-0.39, 0.29) is 11.3 Å². The molecule has 0 amide bonds. The number of thiophene rings is 1. The van der Waals surface area contributed by atoms with Crippen LogP contribution in [0.5, 0.6) is 0 Å². The lowest BCUT2D eigenvalue weighted by Gasteiger charge is -2.50. The summed E-state index contributed by atoms with van der Waals surface area (Å²) in [6.45, 7) is 1.51. The number of piperidine rings is 1. The van der Waals surface area contributed by atoms with Crippen LogP contribution in [0.1, 0.15) is 55.9 Å². The number of nitrogens with zero attached hydrogens (tertiary/aromatic N) is 1. The second kappa shape index (κ2) is 5.02. The predicted molar refractivity (Wildman–Crippen MR) is 83.5 cm³/mol. The van der Waals surface area contributed by atoms with Gasteiger partial charge < -0.3 is 9.47 Å². The molecule has 5 heteroatoms. The minimum Gasteiger partial charge on any atom is -0.348 e. The summed E-state index contributed by atoms with van der Waals surface area (Å²) >= 11 is 1.83. The van der Waals surface area contributed by atoms with Crippen molar-refractivity contribution in [2.24, 2.45) is 0 Å². The third-order valence-corrected chi connectivity index (χ3v) is 6.78. The summed E-state index contributed by atoms with van der Waals surface area (Å²) in [5.41, 5.74) is -0.0692. The predicted octanol–water partition coefficient (Wildman–Crippen LogP) is 3.64. The fraction of sp³-hybridized carbons (Fsp3) is 0.765. The van der Waals surface area contributed by atoms with E-state index in [2.05, 4.69) is 22.6 Å². The largest absolute Gasteiger partial charge is 0.348 e. The molecular formula is C17H23NO3S. The first-order valence-corrected chi connectivity index (χ1v) is 9.44. The molecule has 0 N–H and O–H groups in total. The third kappa shape index (κ3) is 2.03. The molecule has 2 spiro atoms. The molecule has 1 saturated carbocycles. The molecule has 2 bridgehead atoms. The summed E-state index contributed by atoms with van der Waals surface area (Å²) in [5.74, 6) is -0.287. The van der Waals surface area contributed by atoms with Gasteiger partial charge in [-0.05, 0) is 30.7 Å². The van der Waals surface area contributed by atoms with Crippen molar-refractivity contribution in [2.45, 2.75) is 68.4 Å². The van der Waals surface area contributed by atoms with Crippen molar-refractivity contribution >= 4 is 11.3 Å². The van der Waals surface area contributed by atoms with Gasteiger partial charge in [-0.3, -0.25) is 4.84 Å². The lowest BCUT2D eigenvalue weighted by Crippen LogP contribution is -2.60. The van der Waals surface area contributed by atoms with Gasteiger partial charge in [0.25, 0.3) is 0 Å². The maximum atomic E-state index is 6.32. The van der Waals surface area contributed by atoms with E-state index < -0.39 is 0 Å². The Morgan fingerprint density at radius 2 is 1.95 bits per heavy atom. The fourth-order valence-corrected chi connectivity index (χ4v) is 5.47. The van der Waals surface area contributed by atoms with E-state index in [1.165, 1.54) is 24.1 Å². The van der Waals surface area contributed by atoms with E-state index in [4.69, 9.17) is 14.3 Å². The monoisotopic (exact) mass is 321 g/mol. The Hall–Kier alpha value is -0.460. The molecule has 3 atom stereocenters. The van der Waals surface area contributed by atoms with Crippen molar-refractivity contribution in [3.8, 4) is 0 Å². The molecule has 1 aromatic heterocycles. The summed E-state index contributed by atoms with van der Waals surface area (Å²) in [6, 6.07) is 4.73. The number of fused-ring (bicyclic) bond motifs is 3. The van der Waals surface area contributed by atoms with Crippen LogP contribution in [-0.2, 0) is 14.3 Å². The average Bonchev–Trinajstić information content (AvgIpc) is 3.27. The molecule has 0 radical (unpaired) electrons. The number of rotatable bonds is 1. The topological polar surface area (TPSA) is 30.9 Å². The Morgan fingerprint density at radius 3 is 2.64 bits per heavy atom. The van der Waals surface area contributed by atoms with Crippen molar-refractivity contribution in [3.63, 3.8) is 0 Å². The summed E-state index contributed by atoms with van der Waals surface area (Å²) in [7, 11) is 0. The van der Waals surface area contributed by atoms with Crippen LogP contribution < -0.4 is 0 Å². The smallest absolute Gasteiger partial charge is 0.168 e. The summed E-state index contributed by atoms with van der Waals surface area (Å²) in [6.07, 6.45) is 8.38. The maximum Gasteiger partial charge on any atom is 0.168 e. The molecule has 5 rings (SSSR count). The van der Waals surface area contributed by atoms with Crippen molar-refractivity contribution < 1.29 is 14.3 Å². The molecule has 1 unspecified atom stereocenters. The maximum absolute atomic E-state index is 6.32. The van der Waals surface area contributed by atoms with Gasteiger partial charge in [0.1, 0.15) is 0 Å². The molecule has 4 nitrogen and oxygen atoms in total. The van der Waals surface area contributed by atoms with Gasteiger partial charge in [0.2, 0.25) is 0 Å². The molecular weight excluding hydrogens is 298 g/mol. The van der Waals surface area contributed by atoms with Crippen LogP contribution in [0.4, 0.5) is 0 Å². The highest BCUT2D eigenvalue weighted by molar-refractivity contribution is 7.10. The third-order valence-electron chi connectivity index (χ3n) is 5.80. The van der Waals surface area contributed by atoms with Crippen LogP contribution in [0.15, 0.2) is 17.5 Å². The Labute approximate surface area is 135 Å². The number of hydrogen-bond acceptors (Lipinski definition) is 5. The Bertz CT molecular complexity index is 530. The number of hydroxylamine groups is 2. The quantitative estimate of drug-likeness (QED) is 0.790. The molecule has 1 aromatic rings. The summed E-state index contributed by atoms with van der Waals surface area (Å²) < 4.78 is 12.6. The van der Waals surface area contributed by atoms with E-state index in [0.717, 1.165) is 38.9 Å². The molecule has 3 saturated heterocycles. The Morgan fingerprint density at radius 1 is 1.14 bits per heavy atom. The fourth-order valence-electron chi connectivity index (χ4n) is 4.65. The van der Waals surface area contributed by atoms with Gasteiger partial charge in [0.05, 0.1) is 30.9 Å². The highest BCUT2D eigenvalue weighted by atomic mass is 32.1. The summed E-state index contributed by atoms with van der Waals surface area (Å²) in [5, 5.41) is 4.37. The lowest BCUT2D eigenvalue weighted by atomic mass is 9.84. The van der Waals surface area contributed by atoms with Crippen LogP contribution in [0.25, 0.3) is 0 Å². The van der Waals surface area contributed by atoms with E-state index in [0.29, 0.717) is 12.1 Å². The zero-order chi connectivity index (χ0) is 14.6. The SMILES string of the molecule is c1csc([C@@H]2C[C@H]3CC4(COC5(CCCCC5)OC4)N2O3)c1. The first kappa shape index (κ1) is 13.9. The highest BCUT2D eigenvalue weighted by Crippen LogP contribution is 2.52. The first-order chi connectivity index (χ1) is 10.8. The molecule has 22 heavy (non-hydrogen) atoms. The molecule has 4 fully saturated rings. The van der Waals surface area contributed by atoms with Crippen molar-refractivity contribution in [1.82, 2.24) is 5.06 Å². The van der Waals surface area contributed by atoms with Gasteiger partial charge in [0.15, 0.2) is 5.79 Å². The van der Waals surface area contributed by atoms with Crippen LogP contribution in [0.2, 0.25) is 0 Å². The number of hydrogen-bond donors (Lipinski definition) is 0. The zero-order valence-electron chi connectivity index (χ0n) is 12.8. The molecule has 120 valence electrons. The van der Waals surface area contributed by atoms with Crippen molar-refractivity contribution in [3.05, 3.63) is 22.4 Å².